The van der Waals surface area contributed by atoms with E-state index >= 15 is 0 Å². The number of alkyl halides is 3. The SMILES string of the molecule is Cc1c(Cl)c(C(F)(F)F)nn1CCCNC(=O)c1ccc(COc2c(F)c(F)c(F)c(F)c2F)o1. The molecule has 0 spiro atoms. The fraction of sp³-hybridized carbons (Fsp3) is 0.300. The summed E-state index contributed by atoms with van der Waals surface area (Å²) in [6.07, 6.45) is -4.53. The second-order valence-corrected chi connectivity index (χ2v) is 7.41. The first-order chi connectivity index (χ1) is 16.3. The second kappa shape index (κ2) is 10.1. The second-order valence-electron chi connectivity index (χ2n) is 7.03. The van der Waals surface area contributed by atoms with Gasteiger partial charge in [-0.1, -0.05) is 11.6 Å². The molecule has 0 aliphatic carbocycles. The molecule has 190 valence electrons. The van der Waals surface area contributed by atoms with Gasteiger partial charge in [0.2, 0.25) is 29.1 Å². The smallest absolute Gasteiger partial charge is 0.436 e. The molecule has 15 heteroatoms. The highest BCUT2D eigenvalue weighted by molar-refractivity contribution is 6.31. The fourth-order valence-corrected chi connectivity index (χ4v) is 3.12. The Kier molecular flexibility index (Phi) is 7.62. The minimum absolute atomic E-state index is 0.00813. The number of hydrogen-bond donors (Lipinski definition) is 1. The summed E-state index contributed by atoms with van der Waals surface area (Å²) >= 11 is 5.66. The van der Waals surface area contributed by atoms with Gasteiger partial charge < -0.3 is 14.5 Å². The normalized spacial score (nSPS) is 11.7. The van der Waals surface area contributed by atoms with Crippen LogP contribution in [0, 0.1) is 36.0 Å². The number of benzene rings is 1. The van der Waals surface area contributed by atoms with E-state index in [9.17, 15) is 39.9 Å². The molecule has 35 heavy (non-hydrogen) atoms. The highest BCUT2D eigenvalue weighted by Gasteiger charge is 2.38. The minimum atomic E-state index is -4.71. The van der Waals surface area contributed by atoms with Crippen LogP contribution < -0.4 is 10.1 Å². The van der Waals surface area contributed by atoms with Gasteiger partial charge in [-0.2, -0.15) is 27.1 Å². The Balaban J connectivity index is 1.54. The van der Waals surface area contributed by atoms with Gasteiger partial charge in [-0.3, -0.25) is 9.48 Å². The third kappa shape index (κ3) is 5.52. The van der Waals surface area contributed by atoms with Crippen molar-refractivity contribution in [1.29, 1.82) is 0 Å². The van der Waals surface area contributed by atoms with E-state index in [0.717, 1.165) is 4.68 Å². The summed E-state index contributed by atoms with van der Waals surface area (Å²) in [6, 6.07) is 2.34. The van der Waals surface area contributed by atoms with E-state index in [0.29, 0.717) is 0 Å². The largest absolute Gasteiger partial charge is 0.479 e. The first-order valence-corrected chi connectivity index (χ1v) is 10.0. The first kappa shape index (κ1) is 26.3. The summed E-state index contributed by atoms with van der Waals surface area (Å²) < 4.78 is 116. The van der Waals surface area contributed by atoms with E-state index in [2.05, 4.69) is 15.2 Å². The number of amides is 1. The maximum absolute atomic E-state index is 13.6. The van der Waals surface area contributed by atoms with Crippen LogP contribution >= 0.6 is 11.6 Å². The van der Waals surface area contributed by atoms with Crippen LogP contribution in [0.5, 0.6) is 5.75 Å². The van der Waals surface area contributed by atoms with E-state index in [1.54, 1.807) is 0 Å². The number of carbonyl (C=O) groups excluding carboxylic acids is 1. The number of halogens is 9. The van der Waals surface area contributed by atoms with E-state index in [4.69, 9.17) is 16.0 Å². The van der Waals surface area contributed by atoms with Crippen LogP contribution in [-0.4, -0.2) is 22.2 Å². The quantitative estimate of drug-likeness (QED) is 0.179. The zero-order chi connectivity index (χ0) is 26.1. The van der Waals surface area contributed by atoms with Gasteiger partial charge in [-0.05, 0) is 25.5 Å². The molecular formula is C20H14ClF8N3O3. The van der Waals surface area contributed by atoms with Crippen LogP contribution in [0.4, 0.5) is 35.1 Å². The predicted molar refractivity (Wildman–Crippen MR) is 103 cm³/mol. The summed E-state index contributed by atoms with van der Waals surface area (Å²) in [7, 11) is 0. The molecule has 0 bridgehead atoms. The van der Waals surface area contributed by atoms with Gasteiger partial charge in [0.1, 0.15) is 12.4 Å². The molecule has 0 radical (unpaired) electrons. The van der Waals surface area contributed by atoms with Gasteiger partial charge in [0.05, 0.1) is 10.7 Å². The van der Waals surface area contributed by atoms with Gasteiger partial charge in [0.15, 0.2) is 17.2 Å². The lowest BCUT2D eigenvalue weighted by molar-refractivity contribution is -0.141. The van der Waals surface area contributed by atoms with Gasteiger partial charge in [0.25, 0.3) is 5.91 Å². The van der Waals surface area contributed by atoms with Crippen LogP contribution in [-0.2, 0) is 19.3 Å². The lowest BCUT2D eigenvalue weighted by atomic mass is 10.2. The third-order valence-electron chi connectivity index (χ3n) is 4.65. The molecule has 3 aromatic rings. The Bertz CT molecular complexity index is 1230. The van der Waals surface area contributed by atoms with E-state index < -0.39 is 64.2 Å². The van der Waals surface area contributed by atoms with Crippen LogP contribution in [0.3, 0.4) is 0 Å². The van der Waals surface area contributed by atoms with E-state index in [-0.39, 0.29) is 36.7 Å². The Morgan fingerprint density at radius 3 is 2.26 bits per heavy atom. The first-order valence-electron chi connectivity index (χ1n) is 9.64. The molecule has 2 heterocycles. The van der Waals surface area contributed by atoms with Crippen LogP contribution in [0.15, 0.2) is 16.5 Å². The number of hydrogen-bond acceptors (Lipinski definition) is 4. The third-order valence-corrected chi connectivity index (χ3v) is 5.10. The summed E-state index contributed by atoms with van der Waals surface area (Å²) in [5.74, 6) is -13.7. The summed E-state index contributed by atoms with van der Waals surface area (Å²) in [5, 5.41) is 5.35. The lowest BCUT2D eigenvalue weighted by Gasteiger charge is -2.09. The zero-order valence-electron chi connectivity index (χ0n) is 17.5. The number of carbonyl (C=O) groups is 1. The Hall–Kier alpha value is -3.29. The summed E-state index contributed by atoms with van der Waals surface area (Å²) in [4.78, 5) is 12.1. The molecule has 0 aliphatic rings. The Morgan fingerprint density at radius 2 is 1.69 bits per heavy atom. The summed E-state index contributed by atoms with van der Waals surface area (Å²) in [6.45, 7) is 0.629. The van der Waals surface area contributed by atoms with E-state index in [1.807, 2.05) is 0 Å². The fourth-order valence-electron chi connectivity index (χ4n) is 2.87. The molecule has 0 saturated heterocycles. The molecule has 1 amide bonds. The number of nitrogens with zero attached hydrogens (tertiary/aromatic N) is 2. The molecule has 0 atom stereocenters. The number of aryl methyl sites for hydroxylation is 1. The van der Waals surface area contributed by atoms with Crippen molar-refractivity contribution in [2.75, 3.05) is 6.54 Å². The topological polar surface area (TPSA) is 69.3 Å². The monoisotopic (exact) mass is 531 g/mol. The standard InChI is InChI=1S/C20H14ClF8N3O3/c1-8-11(21)18(20(27,28)29)31-32(8)6-2-5-30-19(33)10-4-3-9(35-10)7-34-17-15(25)13(23)12(22)14(24)16(17)26/h3-4H,2,5-7H2,1H3,(H,30,33). The molecule has 3 rings (SSSR count). The van der Waals surface area contributed by atoms with Crippen LogP contribution in [0.1, 0.15) is 34.1 Å². The van der Waals surface area contributed by atoms with Crippen molar-refractivity contribution in [2.45, 2.75) is 32.7 Å². The maximum Gasteiger partial charge on any atom is 0.436 e. The predicted octanol–water partition coefficient (Wildman–Crippen LogP) is 5.55. The number of rotatable bonds is 8. The average molecular weight is 532 g/mol. The van der Waals surface area contributed by atoms with Crippen molar-refractivity contribution < 1.29 is 49.1 Å². The molecule has 0 saturated carbocycles. The maximum atomic E-state index is 13.6. The number of aromatic nitrogens is 2. The van der Waals surface area contributed by atoms with Crippen LogP contribution in [0.2, 0.25) is 5.02 Å². The molecule has 0 unspecified atom stereocenters. The highest BCUT2D eigenvalue weighted by Crippen LogP contribution is 2.35. The van der Waals surface area contributed by atoms with Crippen LogP contribution in [0.25, 0.3) is 0 Å². The van der Waals surface area contributed by atoms with Gasteiger partial charge >= 0.3 is 6.18 Å². The van der Waals surface area contributed by atoms with Crippen molar-refractivity contribution in [2.24, 2.45) is 0 Å². The molecule has 6 nitrogen and oxygen atoms in total. The number of furan rings is 1. The minimum Gasteiger partial charge on any atom is -0.479 e. The lowest BCUT2D eigenvalue weighted by Crippen LogP contribution is -2.25. The molecule has 2 aromatic heterocycles. The molecule has 0 fully saturated rings. The van der Waals surface area contributed by atoms with Crippen molar-refractivity contribution in [3.8, 4) is 5.75 Å². The van der Waals surface area contributed by atoms with Gasteiger partial charge in [0, 0.05) is 13.1 Å². The number of nitrogens with one attached hydrogen (secondary N) is 1. The van der Waals surface area contributed by atoms with Gasteiger partial charge in [-0.15, -0.1) is 0 Å². The molecule has 1 aromatic carbocycles. The molecule has 0 aliphatic heterocycles. The Morgan fingerprint density at radius 1 is 1.09 bits per heavy atom. The molecular weight excluding hydrogens is 518 g/mol. The van der Waals surface area contributed by atoms with E-state index in [1.165, 1.54) is 19.1 Å². The number of ether oxygens (including phenoxy) is 1. The van der Waals surface area contributed by atoms with Crippen molar-refractivity contribution in [3.63, 3.8) is 0 Å². The zero-order valence-corrected chi connectivity index (χ0v) is 18.3. The summed E-state index contributed by atoms with van der Waals surface area (Å²) in [5.41, 5.74) is -1.10. The highest BCUT2D eigenvalue weighted by atomic mass is 35.5. The van der Waals surface area contributed by atoms with Gasteiger partial charge in [-0.25, -0.2) is 13.2 Å². The van der Waals surface area contributed by atoms with Crippen molar-refractivity contribution in [3.05, 3.63) is 69.1 Å². The van der Waals surface area contributed by atoms with Crippen molar-refractivity contribution >= 4 is 17.5 Å². The average Bonchev–Trinajstić information content (AvgIpc) is 3.39. The van der Waals surface area contributed by atoms with Crippen molar-refractivity contribution in [1.82, 2.24) is 15.1 Å². The Labute approximate surface area is 196 Å². The molecule has 1 N–H and O–H groups in total.